The fraction of sp³-hybridized carbons (Fsp3) is 0.500. The number of rotatable bonds is 2. The Morgan fingerprint density at radius 1 is 1.50 bits per heavy atom. The number of anilines is 1. The zero-order valence-corrected chi connectivity index (χ0v) is 11.8. The van der Waals surface area contributed by atoms with Gasteiger partial charge in [0.15, 0.2) is 5.78 Å². The van der Waals surface area contributed by atoms with Crippen molar-refractivity contribution in [1.82, 2.24) is 0 Å². The highest BCUT2D eigenvalue weighted by molar-refractivity contribution is 7.99. The van der Waals surface area contributed by atoms with Gasteiger partial charge in [-0.3, -0.25) is 4.79 Å². The van der Waals surface area contributed by atoms with E-state index in [2.05, 4.69) is 11.8 Å². The molecule has 0 saturated carbocycles. The number of hydrogen-bond donors (Lipinski definition) is 0. The molecule has 1 aromatic rings. The van der Waals surface area contributed by atoms with Gasteiger partial charge < -0.3 is 4.90 Å². The van der Waals surface area contributed by atoms with Crippen LogP contribution >= 0.6 is 11.8 Å². The van der Waals surface area contributed by atoms with Crippen molar-refractivity contribution >= 4 is 23.2 Å². The van der Waals surface area contributed by atoms with E-state index in [1.807, 2.05) is 11.8 Å². The van der Waals surface area contributed by atoms with Gasteiger partial charge in [0.25, 0.3) is 0 Å². The summed E-state index contributed by atoms with van der Waals surface area (Å²) < 4.78 is 13.6. The standard InChI is InChI=1S/C14H18FNOS/c1-9-6-14(12(11(3)17)7-13(9)15)16-4-5-18-8-10(16)2/h6-7,10H,4-5,8H2,1-3H3. The Kier molecular flexibility index (Phi) is 3.95. The van der Waals surface area contributed by atoms with Crippen molar-refractivity contribution < 1.29 is 9.18 Å². The average Bonchev–Trinajstić information content (AvgIpc) is 2.32. The molecule has 0 aromatic heterocycles. The van der Waals surface area contributed by atoms with Gasteiger partial charge in [-0.15, -0.1) is 0 Å². The number of hydrogen-bond acceptors (Lipinski definition) is 3. The van der Waals surface area contributed by atoms with Crippen LogP contribution in [0.15, 0.2) is 12.1 Å². The molecule has 1 heterocycles. The molecule has 2 nitrogen and oxygen atoms in total. The second kappa shape index (κ2) is 5.31. The molecule has 4 heteroatoms. The number of carbonyl (C=O) groups is 1. The molecule has 0 aliphatic carbocycles. The highest BCUT2D eigenvalue weighted by Gasteiger charge is 2.23. The van der Waals surface area contributed by atoms with Gasteiger partial charge >= 0.3 is 0 Å². The molecule has 1 fully saturated rings. The second-order valence-corrected chi connectivity index (χ2v) is 5.94. The summed E-state index contributed by atoms with van der Waals surface area (Å²) in [4.78, 5) is 13.9. The molecular formula is C14H18FNOS. The molecule has 1 aliphatic rings. The number of carbonyl (C=O) groups excluding carboxylic acids is 1. The van der Waals surface area contributed by atoms with Crippen LogP contribution in [0.25, 0.3) is 0 Å². The van der Waals surface area contributed by atoms with Crippen molar-refractivity contribution in [3.05, 3.63) is 29.1 Å². The number of nitrogens with zero attached hydrogens (tertiary/aromatic N) is 1. The monoisotopic (exact) mass is 267 g/mol. The zero-order chi connectivity index (χ0) is 13.3. The summed E-state index contributed by atoms with van der Waals surface area (Å²) in [5.41, 5.74) is 1.98. The van der Waals surface area contributed by atoms with E-state index < -0.39 is 0 Å². The summed E-state index contributed by atoms with van der Waals surface area (Å²) in [7, 11) is 0. The number of aryl methyl sites for hydroxylation is 1. The van der Waals surface area contributed by atoms with Crippen molar-refractivity contribution in [2.75, 3.05) is 23.0 Å². The third kappa shape index (κ3) is 2.53. The third-order valence-electron chi connectivity index (χ3n) is 3.33. The van der Waals surface area contributed by atoms with Crippen molar-refractivity contribution in [1.29, 1.82) is 0 Å². The number of ketones is 1. The quantitative estimate of drug-likeness (QED) is 0.767. The Labute approximate surface area is 112 Å². The van der Waals surface area contributed by atoms with Crippen molar-refractivity contribution in [2.45, 2.75) is 26.8 Å². The molecular weight excluding hydrogens is 249 g/mol. The molecule has 0 spiro atoms. The zero-order valence-electron chi connectivity index (χ0n) is 11.0. The Morgan fingerprint density at radius 3 is 2.83 bits per heavy atom. The lowest BCUT2D eigenvalue weighted by Gasteiger charge is -2.36. The predicted octanol–water partition coefficient (Wildman–Crippen LogP) is 3.28. The van der Waals surface area contributed by atoms with Gasteiger partial charge in [-0.25, -0.2) is 4.39 Å². The summed E-state index contributed by atoms with van der Waals surface area (Å²) in [6, 6.07) is 3.56. The largest absolute Gasteiger partial charge is 0.367 e. The molecule has 18 heavy (non-hydrogen) atoms. The number of halogens is 1. The average molecular weight is 267 g/mol. The van der Waals surface area contributed by atoms with Crippen LogP contribution in [0.1, 0.15) is 29.8 Å². The molecule has 0 N–H and O–H groups in total. The molecule has 2 rings (SSSR count). The normalized spacial score (nSPS) is 20.0. The Hall–Kier alpha value is -1.03. The minimum absolute atomic E-state index is 0.0747. The van der Waals surface area contributed by atoms with Gasteiger partial charge in [-0.1, -0.05) is 0 Å². The van der Waals surface area contributed by atoms with Crippen LogP contribution in [0.2, 0.25) is 0 Å². The van der Waals surface area contributed by atoms with Crippen LogP contribution in [-0.2, 0) is 0 Å². The van der Waals surface area contributed by atoms with Crippen molar-refractivity contribution in [2.24, 2.45) is 0 Å². The van der Waals surface area contributed by atoms with E-state index in [9.17, 15) is 9.18 Å². The predicted molar refractivity (Wildman–Crippen MR) is 75.3 cm³/mol. The van der Waals surface area contributed by atoms with E-state index in [0.717, 1.165) is 23.7 Å². The van der Waals surface area contributed by atoms with Crippen LogP contribution in [-0.4, -0.2) is 29.9 Å². The first-order valence-corrected chi connectivity index (χ1v) is 7.31. The fourth-order valence-corrected chi connectivity index (χ4v) is 3.28. The van der Waals surface area contributed by atoms with Gasteiger partial charge in [0.1, 0.15) is 5.82 Å². The smallest absolute Gasteiger partial charge is 0.161 e. The maximum Gasteiger partial charge on any atom is 0.161 e. The number of thioether (sulfide) groups is 1. The molecule has 1 saturated heterocycles. The minimum Gasteiger partial charge on any atom is -0.367 e. The summed E-state index contributed by atoms with van der Waals surface area (Å²) >= 11 is 1.92. The number of Topliss-reactive ketones (excluding diaryl/α,β-unsaturated/α-hetero) is 1. The van der Waals surface area contributed by atoms with Crippen LogP contribution < -0.4 is 4.90 Å². The minimum atomic E-state index is -0.303. The highest BCUT2D eigenvalue weighted by atomic mass is 32.2. The van der Waals surface area contributed by atoms with E-state index >= 15 is 0 Å². The first-order valence-electron chi connectivity index (χ1n) is 6.16. The van der Waals surface area contributed by atoms with Crippen LogP contribution in [0.3, 0.4) is 0 Å². The molecule has 98 valence electrons. The highest BCUT2D eigenvalue weighted by Crippen LogP contribution is 2.29. The van der Waals surface area contributed by atoms with E-state index in [1.165, 1.54) is 13.0 Å². The van der Waals surface area contributed by atoms with Crippen molar-refractivity contribution in [3.63, 3.8) is 0 Å². The Morgan fingerprint density at radius 2 is 2.22 bits per heavy atom. The van der Waals surface area contributed by atoms with Gasteiger partial charge in [-0.2, -0.15) is 11.8 Å². The van der Waals surface area contributed by atoms with E-state index in [4.69, 9.17) is 0 Å². The fourth-order valence-electron chi connectivity index (χ4n) is 2.27. The van der Waals surface area contributed by atoms with E-state index in [0.29, 0.717) is 17.2 Å². The third-order valence-corrected chi connectivity index (χ3v) is 4.52. The first-order chi connectivity index (χ1) is 8.50. The lowest BCUT2D eigenvalue weighted by atomic mass is 10.0. The SMILES string of the molecule is CC(=O)c1cc(F)c(C)cc1N1CCSCC1C. The molecule has 0 radical (unpaired) electrons. The lowest BCUT2D eigenvalue weighted by molar-refractivity contribution is 0.101. The van der Waals surface area contributed by atoms with Gasteiger partial charge in [0.05, 0.1) is 0 Å². The first kappa shape index (κ1) is 13.4. The second-order valence-electron chi connectivity index (χ2n) is 4.79. The summed E-state index contributed by atoms with van der Waals surface area (Å²) in [6.07, 6.45) is 0. The molecule has 1 atom stereocenters. The topological polar surface area (TPSA) is 20.3 Å². The van der Waals surface area contributed by atoms with Gasteiger partial charge in [0, 0.05) is 35.3 Å². The van der Waals surface area contributed by atoms with E-state index in [1.54, 1.807) is 13.0 Å². The van der Waals surface area contributed by atoms with Gasteiger partial charge in [0.2, 0.25) is 0 Å². The number of benzene rings is 1. The summed E-state index contributed by atoms with van der Waals surface area (Å²) in [5.74, 6) is 1.73. The van der Waals surface area contributed by atoms with Crippen LogP contribution in [0, 0.1) is 12.7 Å². The summed E-state index contributed by atoms with van der Waals surface area (Å²) in [5, 5.41) is 0. The Bertz CT molecular complexity index is 475. The van der Waals surface area contributed by atoms with Crippen LogP contribution in [0.4, 0.5) is 10.1 Å². The maximum atomic E-state index is 13.6. The summed E-state index contributed by atoms with van der Waals surface area (Å²) in [6.45, 7) is 6.30. The van der Waals surface area contributed by atoms with E-state index in [-0.39, 0.29) is 11.6 Å². The van der Waals surface area contributed by atoms with Gasteiger partial charge in [-0.05, 0) is 38.5 Å². The molecule has 1 unspecified atom stereocenters. The molecule has 1 aliphatic heterocycles. The molecule has 1 aromatic carbocycles. The van der Waals surface area contributed by atoms with Crippen LogP contribution in [0.5, 0.6) is 0 Å². The van der Waals surface area contributed by atoms with Crippen molar-refractivity contribution in [3.8, 4) is 0 Å². The molecule has 0 amide bonds. The maximum absolute atomic E-state index is 13.6. The Balaban J connectivity index is 2.47. The molecule has 0 bridgehead atoms. The lowest BCUT2D eigenvalue weighted by Crippen LogP contribution is -2.41.